The van der Waals surface area contributed by atoms with Gasteiger partial charge >= 0.3 is 0 Å². The highest BCUT2D eigenvalue weighted by Gasteiger charge is 2.29. The normalized spacial score (nSPS) is 17.7. The summed E-state index contributed by atoms with van der Waals surface area (Å²) in [7, 11) is 0. The van der Waals surface area contributed by atoms with Crippen LogP contribution >= 0.6 is 23.2 Å². The molecule has 0 radical (unpaired) electrons. The molecule has 0 unspecified atom stereocenters. The zero-order valence-corrected chi connectivity index (χ0v) is 19.0. The highest BCUT2D eigenvalue weighted by atomic mass is 35.5. The summed E-state index contributed by atoms with van der Waals surface area (Å²) in [6.45, 7) is 2.79. The number of carbonyl (C=O) groups excluding carboxylic acids is 2. The minimum Gasteiger partial charge on any atom is -0.369 e. The van der Waals surface area contributed by atoms with Gasteiger partial charge in [-0.25, -0.2) is 4.68 Å². The molecule has 166 valence electrons. The van der Waals surface area contributed by atoms with Crippen LogP contribution in [-0.4, -0.2) is 64.1 Å². The molecule has 1 aromatic heterocycles. The van der Waals surface area contributed by atoms with Gasteiger partial charge in [0.05, 0.1) is 17.3 Å². The van der Waals surface area contributed by atoms with Crippen LogP contribution in [0.2, 0.25) is 10.0 Å². The van der Waals surface area contributed by atoms with Crippen LogP contribution in [0.4, 0.5) is 0 Å². The van der Waals surface area contributed by atoms with E-state index in [1.807, 2.05) is 20.5 Å². The lowest BCUT2D eigenvalue weighted by molar-refractivity contribution is -0.119. The number of hydrogen-bond acceptors (Lipinski definition) is 4. The van der Waals surface area contributed by atoms with Gasteiger partial charge in [-0.2, -0.15) is 5.10 Å². The minimum atomic E-state index is -0.344. The van der Waals surface area contributed by atoms with Crippen LogP contribution in [-0.2, 0) is 17.6 Å². The van der Waals surface area contributed by atoms with E-state index >= 15 is 0 Å². The maximum atomic E-state index is 13.5. The van der Waals surface area contributed by atoms with Crippen LogP contribution in [0, 0.1) is 0 Å². The third-order valence-electron chi connectivity index (χ3n) is 6.03. The number of nitrogens with two attached hydrogens (primary N) is 1. The van der Waals surface area contributed by atoms with Crippen LogP contribution in [0.5, 0.6) is 0 Å². The Morgan fingerprint density at radius 3 is 2.58 bits per heavy atom. The van der Waals surface area contributed by atoms with E-state index in [2.05, 4.69) is 0 Å². The second kappa shape index (κ2) is 9.59. The van der Waals surface area contributed by atoms with E-state index in [1.165, 1.54) is 0 Å². The number of benzene rings is 1. The molecule has 0 bridgehead atoms. The third kappa shape index (κ3) is 4.89. The van der Waals surface area contributed by atoms with Gasteiger partial charge in [-0.05, 0) is 50.3 Å². The minimum absolute atomic E-state index is 0.0529. The van der Waals surface area contributed by atoms with E-state index in [4.69, 9.17) is 34.0 Å². The quantitative estimate of drug-likeness (QED) is 0.705. The highest BCUT2D eigenvalue weighted by molar-refractivity contribution is 6.35. The van der Waals surface area contributed by atoms with Crippen LogP contribution in [0.3, 0.4) is 0 Å². The zero-order chi connectivity index (χ0) is 22.0. The van der Waals surface area contributed by atoms with Crippen LogP contribution in [0.15, 0.2) is 18.2 Å². The number of aromatic nitrogens is 2. The number of amides is 2. The summed E-state index contributed by atoms with van der Waals surface area (Å²) < 4.78 is 1.84. The van der Waals surface area contributed by atoms with Gasteiger partial charge in [0.2, 0.25) is 5.91 Å². The van der Waals surface area contributed by atoms with Gasteiger partial charge in [-0.1, -0.05) is 29.6 Å². The first-order chi connectivity index (χ1) is 14.9. The van der Waals surface area contributed by atoms with Crippen molar-refractivity contribution in [3.05, 3.63) is 45.2 Å². The van der Waals surface area contributed by atoms with Crippen molar-refractivity contribution in [3.8, 4) is 5.69 Å². The van der Waals surface area contributed by atoms with Crippen molar-refractivity contribution >= 4 is 35.0 Å². The molecule has 1 saturated heterocycles. The van der Waals surface area contributed by atoms with Gasteiger partial charge in [0.1, 0.15) is 0 Å². The molecule has 1 aliphatic carbocycles. The molecule has 2 N–H and O–H groups in total. The molecule has 1 aliphatic heterocycles. The molecule has 4 rings (SSSR count). The Hall–Kier alpha value is -2.09. The number of fused-ring (bicyclic) bond motifs is 1. The van der Waals surface area contributed by atoms with Gasteiger partial charge in [0, 0.05) is 42.5 Å². The topological polar surface area (TPSA) is 84.5 Å². The van der Waals surface area contributed by atoms with Gasteiger partial charge in [-0.3, -0.25) is 14.5 Å². The second-order valence-corrected chi connectivity index (χ2v) is 9.07. The van der Waals surface area contributed by atoms with Crippen molar-refractivity contribution in [2.75, 3.05) is 32.7 Å². The monoisotopic (exact) mass is 463 g/mol. The lowest BCUT2D eigenvalue weighted by Gasteiger charge is -2.21. The Kier molecular flexibility index (Phi) is 6.84. The molecule has 0 atom stereocenters. The number of halogens is 2. The lowest BCUT2D eigenvalue weighted by Crippen LogP contribution is -2.38. The Morgan fingerprint density at radius 2 is 1.81 bits per heavy atom. The summed E-state index contributed by atoms with van der Waals surface area (Å²) in [5.74, 6) is -0.397. The predicted molar refractivity (Wildman–Crippen MR) is 121 cm³/mol. The van der Waals surface area contributed by atoms with Crippen molar-refractivity contribution in [2.45, 2.75) is 38.5 Å². The van der Waals surface area contributed by atoms with Crippen molar-refractivity contribution in [1.82, 2.24) is 19.6 Å². The summed E-state index contributed by atoms with van der Waals surface area (Å²) in [6, 6.07) is 5.34. The molecule has 0 spiro atoms. The number of rotatable bonds is 4. The third-order valence-corrected chi connectivity index (χ3v) is 6.56. The molecule has 2 amide bonds. The van der Waals surface area contributed by atoms with Crippen LogP contribution in [0.1, 0.15) is 47.4 Å². The largest absolute Gasteiger partial charge is 0.369 e. The van der Waals surface area contributed by atoms with Gasteiger partial charge in [0.15, 0.2) is 5.69 Å². The van der Waals surface area contributed by atoms with E-state index in [9.17, 15) is 9.59 Å². The van der Waals surface area contributed by atoms with Gasteiger partial charge in [-0.15, -0.1) is 0 Å². The summed E-state index contributed by atoms with van der Waals surface area (Å²) in [5, 5.41) is 5.85. The second-order valence-electron chi connectivity index (χ2n) is 8.23. The maximum Gasteiger partial charge on any atom is 0.274 e. The van der Waals surface area contributed by atoms with Gasteiger partial charge < -0.3 is 10.6 Å². The number of primary amides is 1. The van der Waals surface area contributed by atoms with E-state index < -0.39 is 0 Å². The van der Waals surface area contributed by atoms with Crippen LogP contribution < -0.4 is 5.73 Å². The molecule has 2 aromatic rings. The van der Waals surface area contributed by atoms with Crippen LogP contribution in [0.25, 0.3) is 5.69 Å². The number of hydrogen-bond donors (Lipinski definition) is 1. The molecule has 1 aromatic carbocycles. The Balaban J connectivity index is 1.66. The standard InChI is InChI=1S/C22H27Cl2N5O2/c23-15-7-8-19(17(24)13-15)29-18-6-3-1-2-5-16(18)21(26-29)22(31)28-10-4-9-27(11-12-28)14-20(25)30/h7-8,13H,1-6,9-12,14H2,(H2,25,30). The summed E-state index contributed by atoms with van der Waals surface area (Å²) >= 11 is 12.6. The Morgan fingerprint density at radius 1 is 1.00 bits per heavy atom. The fourth-order valence-electron chi connectivity index (χ4n) is 4.50. The molecule has 0 saturated carbocycles. The average Bonchev–Trinajstić information content (AvgIpc) is 2.90. The zero-order valence-electron chi connectivity index (χ0n) is 17.4. The fourth-order valence-corrected chi connectivity index (χ4v) is 4.99. The van der Waals surface area contributed by atoms with Gasteiger partial charge in [0.25, 0.3) is 5.91 Å². The summed E-state index contributed by atoms with van der Waals surface area (Å²) in [5.41, 5.74) is 8.70. The first kappa shape index (κ1) is 22.1. The lowest BCUT2D eigenvalue weighted by atomic mass is 10.1. The summed E-state index contributed by atoms with van der Waals surface area (Å²) in [6.07, 6.45) is 5.72. The Bertz CT molecular complexity index is 991. The first-order valence-corrected chi connectivity index (χ1v) is 11.6. The first-order valence-electron chi connectivity index (χ1n) is 10.8. The van der Waals surface area contributed by atoms with Crippen molar-refractivity contribution in [3.63, 3.8) is 0 Å². The van der Waals surface area contributed by atoms with Crippen molar-refractivity contribution in [1.29, 1.82) is 0 Å². The van der Waals surface area contributed by atoms with Crippen molar-refractivity contribution < 1.29 is 9.59 Å². The molecular weight excluding hydrogens is 437 g/mol. The average molecular weight is 464 g/mol. The molecule has 9 heteroatoms. The molecule has 2 aliphatic rings. The SMILES string of the molecule is NC(=O)CN1CCCN(C(=O)c2nn(-c3ccc(Cl)cc3Cl)c3c2CCCCC3)CC1. The van der Waals surface area contributed by atoms with E-state index in [1.54, 1.807) is 12.1 Å². The molecule has 31 heavy (non-hydrogen) atoms. The predicted octanol–water partition coefficient (Wildman–Crippen LogP) is 3.08. The molecular formula is C22H27Cl2N5O2. The maximum absolute atomic E-state index is 13.5. The smallest absolute Gasteiger partial charge is 0.274 e. The number of carbonyl (C=O) groups is 2. The highest BCUT2D eigenvalue weighted by Crippen LogP contribution is 2.31. The van der Waals surface area contributed by atoms with E-state index in [0.717, 1.165) is 62.0 Å². The van der Waals surface area contributed by atoms with E-state index in [-0.39, 0.29) is 18.4 Å². The van der Waals surface area contributed by atoms with E-state index in [0.29, 0.717) is 35.4 Å². The molecule has 1 fully saturated rings. The summed E-state index contributed by atoms with van der Waals surface area (Å²) in [4.78, 5) is 28.7. The fraction of sp³-hybridized carbons (Fsp3) is 0.500. The Labute approximate surface area is 192 Å². The van der Waals surface area contributed by atoms with Crippen molar-refractivity contribution in [2.24, 2.45) is 5.73 Å². The molecule has 7 nitrogen and oxygen atoms in total. The number of nitrogens with zero attached hydrogens (tertiary/aromatic N) is 4. The molecule has 2 heterocycles.